The predicted octanol–water partition coefficient (Wildman–Crippen LogP) is 3.40. The molecule has 1 fully saturated rings. The van der Waals surface area contributed by atoms with Crippen LogP contribution in [0, 0.1) is 6.92 Å². The van der Waals surface area contributed by atoms with E-state index in [4.69, 9.17) is 8.94 Å². The molecule has 2 aromatic heterocycles. The van der Waals surface area contributed by atoms with Crippen molar-refractivity contribution in [1.29, 1.82) is 0 Å². The summed E-state index contributed by atoms with van der Waals surface area (Å²) in [7, 11) is -3.85. The van der Waals surface area contributed by atoms with E-state index >= 15 is 0 Å². The Morgan fingerprint density at radius 2 is 2.03 bits per heavy atom. The van der Waals surface area contributed by atoms with Crippen LogP contribution in [0.15, 0.2) is 61.1 Å². The SMILES string of the molecule is Cc1cccc(NS(=O)(=O)c2ccc3c(c2)oc(=O)n3Cc2noc(C3CCC3)n2)c1. The molecule has 0 bridgehead atoms. The molecule has 160 valence electrons. The average Bonchev–Trinajstić information content (AvgIpc) is 3.24. The number of benzene rings is 2. The number of sulfonamides is 1. The minimum atomic E-state index is -3.85. The van der Waals surface area contributed by atoms with Gasteiger partial charge in [0.25, 0.3) is 10.0 Å². The predicted molar refractivity (Wildman–Crippen MR) is 112 cm³/mol. The molecule has 0 amide bonds. The molecule has 0 atom stereocenters. The van der Waals surface area contributed by atoms with Gasteiger partial charge in [-0.1, -0.05) is 23.7 Å². The molecule has 0 saturated heterocycles. The van der Waals surface area contributed by atoms with Gasteiger partial charge in [0.1, 0.15) is 0 Å². The number of fused-ring (bicyclic) bond motifs is 1. The Morgan fingerprint density at radius 3 is 2.77 bits per heavy atom. The quantitative estimate of drug-likeness (QED) is 0.488. The van der Waals surface area contributed by atoms with Gasteiger partial charge in [-0.25, -0.2) is 13.2 Å². The molecule has 2 aromatic carbocycles. The van der Waals surface area contributed by atoms with Crippen LogP contribution in [0.3, 0.4) is 0 Å². The second-order valence-electron chi connectivity index (χ2n) is 7.74. The summed E-state index contributed by atoms with van der Waals surface area (Å²) < 4.78 is 40.0. The monoisotopic (exact) mass is 440 g/mol. The molecule has 10 heteroatoms. The highest BCUT2D eigenvalue weighted by Gasteiger charge is 2.26. The van der Waals surface area contributed by atoms with E-state index < -0.39 is 15.8 Å². The Labute approximate surface area is 177 Å². The lowest BCUT2D eigenvalue weighted by Crippen LogP contribution is -2.16. The van der Waals surface area contributed by atoms with E-state index in [1.165, 1.54) is 22.8 Å². The first-order chi connectivity index (χ1) is 14.9. The van der Waals surface area contributed by atoms with E-state index in [2.05, 4.69) is 14.9 Å². The summed E-state index contributed by atoms with van der Waals surface area (Å²) in [5.74, 6) is 0.654. The van der Waals surface area contributed by atoms with Gasteiger partial charge >= 0.3 is 5.76 Å². The number of hydrogen-bond acceptors (Lipinski definition) is 7. The molecule has 1 aliphatic rings. The maximum Gasteiger partial charge on any atom is 0.420 e. The van der Waals surface area contributed by atoms with E-state index in [0.717, 1.165) is 24.8 Å². The first-order valence-corrected chi connectivity index (χ1v) is 11.4. The number of rotatable bonds is 6. The Morgan fingerprint density at radius 1 is 1.19 bits per heavy atom. The van der Waals surface area contributed by atoms with E-state index in [1.54, 1.807) is 18.2 Å². The fraction of sp³-hybridized carbons (Fsp3) is 0.286. The minimum absolute atomic E-state index is 0.00534. The molecular weight excluding hydrogens is 420 g/mol. The van der Waals surface area contributed by atoms with E-state index in [0.29, 0.717) is 28.8 Å². The molecule has 31 heavy (non-hydrogen) atoms. The van der Waals surface area contributed by atoms with Crippen LogP contribution in [-0.4, -0.2) is 23.1 Å². The Bertz CT molecular complexity index is 1430. The number of nitrogens with one attached hydrogen (secondary N) is 1. The highest BCUT2D eigenvalue weighted by atomic mass is 32.2. The smallest absolute Gasteiger partial charge is 0.408 e. The molecule has 1 saturated carbocycles. The first-order valence-electron chi connectivity index (χ1n) is 9.94. The normalized spacial score (nSPS) is 14.6. The van der Waals surface area contributed by atoms with Crippen molar-refractivity contribution in [2.24, 2.45) is 0 Å². The molecule has 0 radical (unpaired) electrons. The van der Waals surface area contributed by atoms with Gasteiger partial charge in [0.15, 0.2) is 11.4 Å². The average molecular weight is 440 g/mol. The lowest BCUT2D eigenvalue weighted by atomic mass is 9.85. The summed E-state index contributed by atoms with van der Waals surface area (Å²) in [5, 5.41) is 3.96. The third-order valence-electron chi connectivity index (χ3n) is 5.46. The summed E-state index contributed by atoms with van der Waals surface area (Å²) in [6.07, 6.45) is 3.21. The lowest BCUT2D eigenvalue weighted by Gasteiger charge is -2.20. The lowest BCUT2D eigenvalue weighted by molar-refractivity contribution is 0.291. The van der Waals surface area contributed by atoms with Gasteiger partial charge in [-0.05, 0) is 49.6 Å². The summed E-state index contributed by atoms with van der Waals surface area (Å²) in [6, 6.07) is 11.4. The minimum Gasteiger partial charge on any atom is -0.408 e. The standard InChI is InChI=1S/C21H20N4O5S/c1-13-4-2-7-15(10-13)24-31(27,28)16-8-9-17-18(11-16)29-21(26)25(17)12-19-22-20(30-23-19)14-5-3-6-14/h2,4,7-11,14,24H,3,5-6,12H2,1H3. The molecule has 9 nitrogen and oxygen atoms in total. The zero-order chi connectivity index (χ0) is 21.6. The number of hydrogen-bond donors (Lipinski definition) is 1. The van der Waals surface area contributed by atoms with E-state index in [-0.39, 0.29) is 17.0 Å². The second kappa shape index (κ2) is 7.38. The molecular formula is C21H20N4O5S. The van der Waals surface area contributed by atoms with Crippen molar-refractivity contribution in [2.45, 2.75) is 43.5 Å². The number of nitrogens with zero attached hydrogens (tertiary/aromatic N) is 3. The summed E-state index contributed by atoms with van der Waals surface area (Å²) in [4.78, 5) is 16.8. The largest absolute Gasteiger partial charge is 0.420 e. The van der Waals surface area contributed by atoms with Gasteiger partial charge in [-0.15, -0.1) is 0 Å². The van der Waals surface area contributed by atoms with Gasteiger partial charge in [0.05, 0.1) is 17.0 Å². The summed E-state index contributed by atoms with van der Waals surface area (Å²) in [6.45, 7) is 1.95. The van der Waals surface area contributed by atoms with Crippen molar-refractivity contribution in [1.82, 2.24) is 14.7 Å². The Hall–Kier alpha value is -3.40. The van der Waals surface area contributed by atoms with Crippen LogP contribution in [0.25, 0.3) is 11.1 Å². The molecule has 1 aliphatic carbocycles. The van der Waals surface area contributed by atoms with Crippen molar-refractivity contribution < 1.29 is 17.4 Å². The number of oxazole rings is 1. The fourth-order valence-electron chi connectivity index (χ4n) is 3.58. The third-order valence-corrected chi connectivity index (χ3v) is 6.84. The molecule has 4 aromatic rings. The fourth-order valence-corrected chi connectivity index (χ4v) is 4.64. The highest BCUT2D eigenvalue weighted by Crippen LogP contribution is 2.35. The molecule has 0 unspecified atom stereocenters. The van der Waals surface area contributed by atoms with Crippen LogP contribution < -0.4 is 10.5 Å². The first kappa shape index (κ1) is 19.6. The van der Waals surface area contributed by atoms with Gasteiger partial charge in [-0.2, -0.15) is 4.98 Å². The number of aryl methyl sites for hydroxylation is 1. The highest BCUT2D eigenvalue weighted by molar-refractivity contribution is 7.92. The Balaban J connectivity index is 1.43. The maximum absolute atomic E-state index is 12.8. The number of aromatic nitrogens is 3. The summed E-state index contributed by atoms with van der Waals surface area (Å²) >= 11 is 0. The van der Waals surface area contributed by atoms with Gasteiger partial charge in [-0.3, -0.25) is 9.29 Å². The van der Waals surface area contributed by atoms with Crippen molar-refractivity contribution in [3.8, 4) is 0 Å². The molecule has 5 rings (SSSR count). The van der Waals surface area contributed by atoms with Crippen molar-refractivity contribution in [2.75, 3.05) is 4.72 Å². The van der Waals surface area contributed by atoms with Crippen LogP contribution in [0.2, 0.25) is 0 Å². The van der Waals surface area contributed by atoms with Crippen molar-refractivity contribution in [3.63, 3.8) is 0 Å². The van der Waals surface area contributed by atoms with Gasteiger partial charge < -0.3 is 8.94 Å². The Kier molecular flexibility index (Phi) is 4.66. The van der Waals surface area contributed by atoms with Gasteiger partial charge in [0.2, 0.25) is 5.89 Å². The zero-order valence-electron chi connectivity index (χ0n) is 16.7. The number of anilines is 1. The van der Waals surface area contributed by atoms with Crippen LogP contribution in [0.4, 0.5) is 5.69 Å². The zero-order valence-corrected chi connectivity index (χ0v) is 17.6. The van der Waals surface area contributed by atoms with Crippen LogP contribution in [0.1, 0.15) is 42.5 Å². The van der Waals surface area contributed by atoms with E-state index in [9.17, 15) is 13.2 Å². The van der Waals surface area contributed by atoms with Crippen molar-refractivity contribution >= 4 is 26.8 Å². The summed E-state index contributed by atoms with van der Waals surface area (Å²) in [5.41, 5.74) is 2.01. The molecule has 0 spiro atoms. The molecule has 1 N–H and O–H groups in total. The second-order valence-corrected chi connectivity index (χ2v) is 9.42. The van der Waals surface area contributed by atoms with Crippen LogP contribution in [0.5, 0.6) is 0 Å². The topological polar surface area (TPSA) is 120 Å². The molecule has 0 aliphatic heterocycles. The van der Waals surface area contributed by atoms with Crippen molar-refractivity contribution in [3.05, 3.63) is 70.3 Å². The van der Waals surface area contributed by atoms with Gasteiger partial charge in [0, 0.05) is 17.7 Å². The maximum atomic E-state index is 12.8. The van der Waals surface area contributed by atoms with Crippen LogP contribution in [-0.2, 0) is 16.6 Å². The van der Waals surface area contributed by atoms with Crippen LogP contribution >= 0.6 is 0 Å². The molecule has 2 heterocycles. The third kappa shape index (κ3) is 3.74. The van der Waals surface area contributed by atoms with E-state index in [1.807, 2.05) is 13.0 Å².